The van der Waals surface area contributed by atoms with Crippen LogP contribution in [0.3, 0.4) is 0 Å². The van der Waals surface area contributed by atoms with Gasteiger partial charge < -0.3 is 15.4 Å². The molecule has 2 aromatic rings. The van der Waals surface area contributed by atoms with Crippen molar-refractivity contribution in [1.82, 2.24) is 9.78 Å². The molecule has 1 amide bonds. The number of aromatic nitrogens is 2. The zero-order chi connectivity index (χ0) is 18.6. The molecule has 2 rings (SSSR count). The molecule has 1 N–H and O–H groups in total. The largest absolute Gasteiger partial charge is 0.390 e. The maximum absolute atomic E-state index is 12.1. The molecule has 0 aromatic carbocycles. The Morgan fingerprint density at radius 1 is 1.52 bits per heavy atom. The lowest BCUT2D eigenvalue weighted by Gasteiger charge is -2.04. The van der Waals surface area contributed by atoms with E-state index in [2.05, 4.69) is 16.5 Å². The Bertz CT molecular complexity index is 847. The highest BCUT2D eigenvalue weighted by Gasteiger charge is 2.17. The fourth-order valence-corrected chi connectivity index (χ4v) is 3.71. The molecule has 0 unspecified atom stereocenters. The fraction of sp³-hybridized carbons (Fsp3) is 0.438. The first kappa shape index (κ1) is 18.6. The summed E-state index contributed by atoms with van der Waals surface area (Å²) in [4.78, 5) is 23.3. The van der Waals surface area contributed by atoms with Gasteiger partial charge in [0, 0.05) is 11.3 Å². The number of nitriles is 1. The molecule has 0 fully saturated rings. The minimum Gasteiger partial charge on any atom is -0.358 e. The van der Waals surface area contributed by atoms with E-state index in [4.69, 9.17) is 0 Å². The summed E-state index contributed by atoms with van der Waals surface area (Å²) in [5.41, 5.74) is 2.19. The van der Waals surface area contributed by atoms with Gasteiger partial charge in [0.05, 0.1) is 29.0 Å². The highest BCUT2D eigenvalue weighted by Crippen LogP contribution is 2.32. The first-order valence-corrected chi connectivity index (χ1v) is 8.70. The summed E-state index contributed by atoms with van der Waals surface area (Å²) in [6, 6.07) is 3.56. The minimum atomic E-state index is -0.538. The van der Waals surface area contributed by atoms with Crippen molar-refractivity contribution in [2.24, 2.45) is 0 Å². The van der Waals surface area contributed by atoms with Gasteiger partial charge in [-0.15, -0.1) is 11.3 Å². The van der Waals surface area contributed by atoms with Gasteiger partial charge in [0.1, 0.15) is 11.1 Å². The second-order valence-corrected chi connectivity index (χ2v) is 6.81. The van der Waals surface area contributed by atoms with Crippen molar-refractivity contribution in [3.63, 3.8) is 0 Å². The molecule has 0 saturated heterocycles. The van der Waals surface area contributed by atoms with E-state index in [1.807, 2.05) is 13.8 Å². The normalized spacial score (nSPS) is 10.5. The molecular weight excluding hydrogens is 342 g/mol. The molecule has 2 heterocycles. The Hall–Kier alpha value is -2.73. The zero-order valence-corrected chi connectivity index (χ0v) is 15.1. The van der Waals surface area contributed by atoms with Gasteiger partial charge in [0.2, 0.25) is 5.91 Å². The molecule has 9 heteroatoms. The van der Waals surface area contributed by atoms with Gasteiger partial charge in [-0.1, -0.05) is 6.92 Å². The van der Waals surface area contributed by atoms with Gasteiger partial charge >= 0.3 is 5.82 Å². The van der Waals surface area contributed by atoms with Crippen LogP contribution in [0, 0.1) is 35.3 Å². The maximum Gasteiger partial charge on any atom is 0.390 e. The number of thiophene rings is 1. The van der Waals surface area contributed by atoms with Crippen LogP contribution in [0.25, 0.3) is 0 Å². The highest BCUT2D eigenvalue weighted by molar-refractivity contribution is 7.16. The van der Waals surface area contributed by atoms with Crippen LogP contribution in [0.15, 0.2) is 6.07 Å². The second kappa shape index (κ2) is 7.90. The highest BCUT2D eigenvalue weighted by atomic mass is 32.1. The number of carbonyl (C=O) groups is 1. The van der Waals surface area contributed by atoms with Crippen molar-refractivity contribution in [2.75, 3.05) is 5.32 Å². The molecular formula is C16H19N5O3S. The lowest BCUT2D eigenvalue weighted by molar-refractivity contribution is -0.389. The maximum atomic E-state index is 12.1. The first-order valence-electron chi connectivity index (χ1n) is 7.88. The molecule has 0 aliphatic heterocycles. The van der Waals surface area contributed by atoms with E-state index in [0.29, 0.717) is 29.2 Å². The molecule has 0 aliphatic carbocycles. The monoisotopic (exact) mass is 361 g/mol. The molecule has 0 atom stereocenters. The zero-order valence-electron chi connectivity index (χ0n) is 14.3. The summed E-state index contributed by atoms with van der Waals surface area (Å²) in [5, 5.41) is 27.3. The van der Waals surface area contributed by atoms with E-state index >= 15 is 0 Å². The Morgan fingerprint density at radius 2 is 2.24 bits per heavy atom. The Morgan fingerprint density at radius 3 is 2.80 bits per heavy atom. The first-order chi connectivity index (χ1) is 11.9. The lowest BCUT2D eigenvalue weighted by Crippen LogP contribution is -2.13. The number of carbonyl (C=O) groups excluding carboxylic acids is 1. The number of hydrogen-bond donors (Lipinski definition) is 1. The number of amides is 1. The average Bonchev–Trinajstić information content (AvgIpc) is 3.07. The van der Waals surface area contributed by atoms with Crippen LogP contribution in [0.5, 0.6) is 0 Å². The molecule has 2 aromatic heterocycles. The number of rotatable bonds is 7. The predicted molar refractivity (Wildman–Crippen MR) is 94.6 cm³/mol. The van der Waals surface area contributed by atoms with Crippen LogP contribution in [0.4, 0.5) is 10.8 Å². The van der Waals surface area contributed by atoms with Crippen LogP contribution in [0.1, 0.15) is 41.5 Å². The lowest BCUT2D eigenvalue weighted by atomic mass is 10.1. The number of anilines is 1. The number of nitrogens with one attached hydrogen (secondary N) is 1. The molecule has 0 aliphatic rings. The van der Waals surface area contributed by atoms with Crippen molar-refractivity contribution in [3.05, 3.63) is 37.9 Å². The van der Waals surface area contributed by atoms with Gasteiger partial charge in [0.15, 0.2) is 0 Å². The predicted octanol–water partition coefficient (Wildman–Crippen LogP) is 3.32. The van der Waals surface area contributed by atoms with E-state index in [9.17, 15) is 20.2 Å². The minimum absolute atomic E-state index is 0.181. The molecule has 0 radical (unpaired) electrons. The molecule has 25 heavy (non-hydrogen) atoms. The third kappa shape index (κ3) is 4.22. The molecule has 132 valence electrons. The quantitative estimate of drug-likeness (QED) is 0.600. The van der Waals surface area contributed by atoms with Crippen molar-refractivity contribution in [2.45, 2.75) is 46.6 Å². The number of aryl methyl sites for hydroxylation is 3. The van der Waals surface area contributed by atoms with Crippen LogP contribution < -0.4 is 5.32 Å². The standard InChI is InChI=1S/C16H19N5O3S/c1-4-12-11(3)25-16(13(12)9-17)18-15(22)6-5-7-20-10(2)8-14(19-20)21(23)24/h8H,4-7H2,1-3H3,(H,18,22). The summed E-state index contributed by atoms with van der Waals surface area (Å²) in [6.45, 7) is 6.07. The van der Waals surface area contributed by atoms with Crippen LogP contribution >= 0.6 is 11.3 Å². The fourth-order valence-electron chi connectivity index (χ4n) is 2.60. The molecule has 8 nitrogen and oxygen atoms in total. The summed E-state index contributed by atoms with van der Waals surface area (Å²) in [7, 11) is 0. The SMILES string of the molecule is CCc1c(C)sc(NC(=O)CCCn2nc([N+](=O)[O-])cc2C)c1C#N. The van der Waals surface area contributed by atoms with Crippen molar-refractivity contribution in [1.29, 1.82) is 5.26 Å². The Kier molecular flexibility index (Phi) is 5.88. The van der Waals surface area contributed by atoms with E-state index in [0.717, 1.165) is 16.9 Å². The van der Waals surface area contributed by atoms with Gasteiger partial charge in [-0.25, -0.2) is 0 Å². The van der Waals surface area contributed by atoms with Gasteiger partial charge in [-0.3, -0.25) is 4.79 Å². The third-order valence-electron chi connectivity index (χ3n) is 3.86. The number of nitrogens with zero attached hydrogens (tertiary/aromatic N) is 4. The van der Waals surface area contributed by atoms with Gasteiger partial charge in [-0.2, -0.15) is 9.94 Å². The van der Waals surface area contributed by atoms with Gasteiger partial charge in [0.25, 0.3) is 0 Å². The van der Waals surface area contributed by atoms with E-state index in [1.165, 1.54) is 22.1 Å². The van der Waals surface area contributed by atoms with Crippen molar-refractivity contribution >= 4 is 28.1 Å². The summed E-state index contributed by atoms with van der Waals surface area (Å²) in [5.74, 6) is -0.374. The van der Waals surface area contributed by atoms with Crippen molar-refractivity contribution < 1.29 is 9.72 Å². The van der Waals surface area contributed by atoms with Gasteiger partial charge in [-0.05, 0) is 37.2 Å². The third-order valence-corrected chi connectivity index (χ3v) is 4.92. The molecule has 0 bridgehead atoms. The topological polar surface area (TPSA) is 114 Å². The van der Waals surface area contributed by atoms with E-state index in [1.54, 1.807) is 6.92 Å². The van der Waals surface area contributed by atoms with E-state index in [-0.39, 0.29) is 18.1 Å². The molecule has 0 saturated carbocycles. The number of hydrogen-bond acceptors (Lipinski definition) is 6. The summed E-state index contributed by atoms with van der Waals surface area (Å²) >= 11 is 1.41. The summed E-state index contributed by atoms with van der Waals surface area (Å²) < 4.78 is 1.52. The van der Waals surface area contributed by atoms with Crippen molar-refractivity contribution in [3.8, 4) is 6.07 Å². The number of nitro groups is 1. The van der Waals surface area contributed by atoms with Crippen LogP contribution in [-0.2, 0) is 17.8 Å². The smallest absolute Gasteiger partial charge is 0.358 e. The Balaban J connectivity index is 1.94. The Labute approximate surface area is 149 Å². The molecule has 0 spiro atoms. The van der Waals surface area contributed by atoms with E-state index < -0.39 is 4.92 Å². The summed E-state index contributed by atoms with van der Waals surface area (Å²) in [6.07, 6.45) is 1.49. The van der Waals surface area contributed by atoms with Crippen LogP contribution in [-0.4, -0.2) is 20.6 Å². The second-order valence-electron chi connectivity index (χ2n) is 5.58. The average molecular weight is 361 g/mol. The van der Waals surface area contributed by atoms with Crippen LogP contribution in [0.2, 0.25) is 0 Å².